The fourth-order valence-corrected chi connectivity index (χ4v) is 2.09. The van der Waals surface area contributed by atoms with Crippen molar-refractivity contribution in [2.45, 2.75) is 19.6 Å². The maximum atomic E-state index is 9.53. The van der Waals surface area contributed by atoms with Crippen LogP contribution in [0.1, 0.15) is 24.3 Å². The van der Waals surface area contributed by atoms with Crippen LogP contribution in [0.4, 0.5) is 5.82 Å². The van der Waals surface area contributed by atoms with Crippen LogP contribution in [0.3, 0.4) is 0 Å². The second-order valence-electron chi connectivity index (χ2n) is 3.96. The molecule has 2 rings (SSSR count). The summed E-state index contributed by atoms with van der Waals surface area (Å²) in [6.07, 6.45) is 1.25. The minimum absolute atomic E-state index is 0.468. The third kappa shape index (κ3) is 3.01. The van der Waals surface area contributed by atoms with Gasteiger partial charge in [0, 0.05) is 18.6 Å². The molecule has 0 fully saturated rings. The monoisotopic (exact) mass is 249 g/mol. The van der Waals surface area contributed by atoms with Gasteiger partial charge in [0.1, 0.15) is 5.82 Å². The summed E-state index contributed by atoms with van der Waals surface area (Å²) >= 11 is 1.59. The normalized spacial score (nSPS) is 12.4. The van der Waals surface area contributed by atoms with Crippen molar-refractivity contribution in [1.29, 1.82) is 0 Å². The number of nitrogens with zero attached hydrogens (tertiary/aromatic N) is 3. The highest BCUT2D eigenvalue weighted by Crippen LogP contribution is 2.18. The summed E-state index contributed by atoms with van der Waals surface area (Å²) in [6, 6.07) is 3.72. The molecule has 0 saturated heterocycles. The number of hydrogen-bond donors (Lipinski definition) is 1. The second kappa shape index (κ2) is 5.25. The van der Waals surface area contributed by atoms with Gasteiger partial charge in [0.25, 0.3) is 0 Å². The van der Waals surface area contributed by atoms with E-state index in [1.165, 1.54) is 0 Å². The van der Waals surface area contributed by atoms with Gasteiger partial charge in [-0.15, -0.1) is 11.3 Å². The van der Waals surface area contributed by atoms with Crippen molar-refractivity contribution < 1.29 is 5.11 Å². The highest BCUT2D eigenvalue weighted by Gasteiger charge is 2.07. The maximum Gasteiger partial charge on any atom is 0.128 e. The first kappa shape index (κ1) is 12.0. The number of aliphatic hydroxyl groups excluding tert-OH is 1. The molecule has 0 aliphatic carbocycles. The van der Waals surface area contributed by atoms with Gasteiger partial charge >= 0.3 is 0 Å². The van der Waals surface area contributed by atoms with Gasteiger partial charge in [0.05, 0.1) is 23.9 Å². The van der Waals surface area contributed by atoms with E-state index in [0.29, 0.717) is 0 Å². The van der Waals surface area contributed by atoms with Crippen LogP contribution in [0, 0.1) is 0 Å². The minimum Gasteiger partial charge on any atom is -0.389 e. The Morgan fingerprint density at radius 2 is 2.29 bits per heavy atom. The fraction of sp³-hybridized carbons (Fsp3) is 0.333. The highest BCUT2D eigenvalue weighted by atomic mass is 32.1. The number of hydrogen-bond acceptors (Lipinski definition) is 5. The van der Waals surface area contributed by atoms with Crippen LogP contribution < -0.4 is 4.90 Å². The predicted octanol–water partition coefficient (Wildman–Crippen LogP) is 2.23. The van der Waals surface area contributed by atoms with Crippen molar-refractivity contribution in [3.05, 3.63) is 40.5 Å². The molecule has 0 aromatic carbocycles. The summed E-state index contributed by atoms with van der Waals surface area (Å²) in [5.74, 6) is 0.844. The van der Waals surface area contributed by atoms with Crippen molar-refractivity contribution in [1.82, 2.24) is 9.97 Å². The molecule has 1 atom stereocenters. The zero-order valence-corrected chi connectivity index (χ0v) is 10.7. The smallest absolute Gasteiger partial charge is 0.128 e. The number of rotatable bonds is 4. The first-order valence-electron chi connectivity index (χ1n) is 5.39. The lowest BCUT2D eigenvalue weighted by atomic mass is 10.2. The van der Waals surface area contributed by atoms with Crippen molar-refractivity contribution in [3.63, 3.8) is 0 Å². The van der Waals surface area contributed by atoms with E-state index in [1.807, 2.05) is 35.0 Å². The molecular formula is C12H15N3OS. The summed E-state index contributed by atoms with van der Waals surface area (Å²) in [5.41, 5.74) is 3.73. The molecule has 0 saturated carbocycles. The Kier molecular flexibility index (Phi) is 3.71. The lowest BCUT2D eigenvalue weighted by Gasteiger charge is -2.18. The summed E-state index contributed by atoms with van der Waals surface area (Å²) in [7, 11) is 1.97. The average Bonchev–Trinajstić information content (AvgIpc) is 2.82. The molecule has 5 heteroatoms. The Balaban J connectivity index is 2.13. The van der Waals surface area contributed by atoms with Crippen molar-refractivity contribution >= 4 is 17.2 Å². The van der Waals surface area contributed by atoms with E-state index in [0.717, 1.165) is 23.6 Å². The van der Waals surface area contributed by atoms with E-state index in [9.17, 15) is 5.11 Å². The highest BCUT2D eigenvalue weighted by molar-refractivity contribution is 7.07. The van der Waals surface area contributed by atoms with Crippen LogP contribution in [-0.2, 0) is 6.54 Å². The van der Waals surface area contributed by atoms with Crippen LogP contribution in [0.2, 0.25) is 0 Å². The van der Waals surface area contributed by atoms with E-state index in [4.69, 9.17) is 0 Å². The topological polar surface area (TPSA) is 49.3 Å². The minimum atomic E-state index is -0.468. The summed E-state index contributed by atoms with van der Waals surface area (Å²) in [4.78, 5) is 10.5. The number of pyridine rings is 1. The first-order valence-corrected chi connectivity index (χ1v) is 6.33. The molecule has 17 heavy (non-hydrogen) atoms. The van der Waals surface area contributed by atoms with E-state index in [-0.39, 0.29) is 0 Å². The zero-order valence-electron chi connectivity index (χ0n) is 9.87. The predicted molar refractivity (Wildman–Crippen MR) is 69.1 cm³/mol. The molecule has 0 unspecified atom stereocenters. The van der Waals surface area contributed by atoms with E-state index >= 15 is 0 Å². The van der Waals surface area contributed by atoms with Gasteiger partial charge in [-0.05, 0) is 24.6 Å². The SMILES string of the molecule is C[C@H](O)c1ccnc(N(C)Cc2cscn2)c1. The standard InChI is InChI=1S/C12H15N3OS/c1-9(16)10-3-4-13-12(5-10)15(2)6-11-7-17-8-14-11/h3-5,7-9,16H,6H2,1-2H3/t9-/m0/s1. The van der Waals surface area contributed by atoms with Crippen molar-refractivity contribution in [2.75, 3.05) is 11.9 Å². The molecule has 2 aromatic heterocycles. The van der Waals surface area contributed by atoms with Gasteiger partial charge in [-0.1, -0.05) is 0 Å². The third-order valence-electron chi connectivity index (χ3n) is 2.53. The van der Waals surface area contributed by atoms with Gasteiger partial charge in [-0.25, -0.2) is 9.97 Å². The van der Waals surface area contributed by atoms with Crippen LogP contribution in [0.5, 0.6) is 0 Å². The number of aromatic nitrogens is 2. The molecule has 0 radical (unpaired) electrons. The molecule has 2 heterocycles. The molecule has 2 aromatic rings. The summed E-state index contributed by atoms with van der Waals surface area (Å²) in [5, 5.41) is 11.6. The Morgan fingerprint density at radius 3 is 2.94 bits per heavy atom. The summed E-state index contributed by atoms with van der Waals surface area (Å²) < 4.78 is 0. The lowest BCUT2D eigenvalue weighted by Crippen LogP contribution is -2.18. The van der Waals surface area contributed by atoms with Crippen LogP contribution >= 0.6 is 11.3 Å². The Hall–Kier alpha value is -1.46. The quantitative estimate of drug-likeness (QED) is 0.902. The molecular weight excluding hydrogens is 234 g/mol. The van der Waals surface area contributed by atoms with E-state index in [2.05, 4.69) is 9.97 Å². The molecule has 90 valence electrons. The molecule has 0 spiro atoms. The van der Waals surface area contributed by atoms with Crippen LogP contribution in [-0.4, -0.2) is 22.1 Å². The molecule has 1 N–H and O–H groups in total. The molecule has 0 aliphatic rings. The van der Waals surface area contributed by atoms with Crippen molar-refractivity contribution in [2.24, 2.45) is 0 Å². The lowest BCUT2D eigenvalue weighted by molar-refractivity contribution is 0.199. The molecule has 0 aliphatic heterocycles. The van der Waals surface area contributed by atoms with Gasteiger partial charge < -0.3 is 10.0 Å². The van der Waals surface area contributed by atoms with Gasteiger partial charge in [0.2, 0.25) is 0 Å². The average molecular weight is 249 g/mol. The summed E-state index contributed by atoms with van der Waals surface area (Å²) in [6.45, 7) is 2.47. The zero-order chi connectivity index (χ0) is 12.3. The van der Waals surface area contributed by atoms with Crippen molar-refractivity contribution in [3.8, 4) is 0 Å². The molecule has 0 amide bonds. The number of anilines is 1. The fourth-order valence-electron chi connectivity index (χ4n) is 1.54. The molecule has 4 nitrogen and oxygen atoms in total. The van der Waals surface area contributed by atoms with Crippen LogP contribution in [0.25, 0.3) is 0 Å². The Labute approximate surface area is 105 Å². The largest absolute Gasteiger partial charge is 0.389 e. The second-order valence-corrected chi connectivity index (χ2v) is 4.68. The Morgan fingerprint density at radius 1 is 1.47 bits per heavy atom. The number of thiazole rings is 1. The maximum absolute atomic E-state index is 9.53. The van der Waals surface area contributed by atoms with E-state index < -0.39 is 6.10 Å². The van der Waals surface area contributed by atoms with Gasteiger partial charge in [0.15, 0.2) is 0 Å². The molecule has 0 bridgehead atoms. The third-order valence-corrected chi connectivity index (χ3v) is 3.16. The Bertz CT molecular complexity index is 470. The van der Waals surface area contributed by atoms with Gasteiger partial charge in [-0.3, -0.25) is 0 Å². The van der Waals surface area contributed by atoms with Crippen LogP contribution in [0.15, 0.2) is 29.2 Å². The number of aliphatic hydroxyl groups is 1. The first-order chi connectivity index (χ1) is 8.16. The van der Waals surface area contributed by atoms with Gasteiger partial charge in [-0.2, -0.15) is 0 Å². The van der Waals surface area contributed by atoms with E-state index in [1.54, 1.807) is 24.5 Å².